The van der Waals surface area contributed by atoms with Crippen LogP contribution in [0.15, 0.2) is 34.9 Å². The number of hydrogen-bond acceptors (Lipinski definition) is 5. The summed E-state index contributed by atoms with van der Waals surface area (Å²) in [6.45, 7) is 4.33. The van der Waals surface area contributed by atoms with Gasteiger partial charge < -0.3 is 9.63 Å². The minimum Gasteiger partial charge on any atom is -0.480 e. The average Bonchev–Trinajstić information content (AvgIpc) is 2.93. The number of benzene rings is 1. The standard InChI is InChI=1S/C16H21N3O3/c1-3-12(2)19(11-16(20)21)10-15-17-14(18-22-15)9-13-7-5-4-6-8-13/h4-8,12H,3,9-11H2,1-2H3,(H,20,21)/t12-/m0/s1. The summed E-state index contributed by atoms with van der Waals surface area (Å²) in [4.78, 5) is 17.1. The van der Waals surface area contributed by atoms with Crippen LogP contribution in [0.2, 0.25) is 0 Å². The van der Waals surface area contributed by atoms with Gasteiger partial charge in [0.1, 0.15) is 0 Å². The summed E-state index contributed by atoms with van der Waals surface area (Å²) >= 11 is 0. The molecule has 0 spiro atoms. The highest BCUT2D eigenvalue weighted by Gasteiger charge is 2.19. The van der Waals surface area contributed by atoms with Crippen LogP contribution in [0.3, 0.4) is 0 Å². The third-order valence-electron chi connectivity index (χ3n) is 3.61. The van der Waals surface area contributed by atoms with Crippen LogP contribution in [-0.4, -0.2) is 38.7 Å². The number of aliphatic carboxylic acids is 1. The molecule has 6 nitrogen and oxygen atoms in total. The van der Waals surface area contributed by atoms with E-state index in [4.69, 9.17) is 9.63 Å². The Labute approximate surface area is 129 Å². The number of aromatic nitrogens is 2. The molecule has 1 aromatic carbocycles. The molecule has 0 unspecified atom stereocenters. The molecule has 0 aliphatic heterocycles. The molecule has 1 heterocycles. The van der Waals surface area contributed by atoms with Gasteiger partial charge in [0.05, 0.1) is 13.1 Å². The third kappa shape index (κ3) is 4.66. The van der Waals surface area contributed by atoms with Gasteiger partial charge in [0.15, 0.2) is 5.82 Å². The van der Waals surface area contributed by atoms with Crippen molar-refractivity contribution >= 4 is 5.97 Å². The first-order valence-corrected chi connectivity index (χ1v) is 7.39. The van der Waals surface area contributed by atoms with Gasteiger partial charge in [-0.2, -0.15) is 4.98 Å². The van der Waals surface area contributed by atoms with Crippen LogP contribution in [-0.2, 0) is 17.8 Å². The zero-order valence-corrected chi connectivity index (χ0v) is 12.9. The molecule has 1 aromatic heterocycles. The van der Waals surface area contributed by atoms with Crippen molar-refractivity contribution in [3.05, 3.63) is 47.6 Å². The molecule has 0 saturated carbocycles. The Morgan fingerprint density at radius 3 is 2.73 bits per heavy atom. The fourth-order valence-corrected chi connectivity index (χ4v) is 2.18. The number of carbonyl (C=O) groups is 1. The Morgan fingerprint density at radius 1 is 1.36 bits per heavy atom. The molecule has 1 atom stereocenters. The van der Waals surface area contributed by atoms with E-state index in [-0.39, 0.29) is 12.6 Å². The molecular weight excluding hydrogens is 282 g/mol. The highest BCUT2D eigenvalue weighted by molar-refractivity contribution is 5.69. The molecular formula is C16H21N3O3. The Balaban J connectivity index is 2.01. The van der Waals surface area contributed by atoms with Gasteiger partial charge in [-0.05, 0) is 18.9 Å². The van der Waals surface area contributed by atoms with Crippen molar-refractivity contribution in [1.82, 2.24) is 15.0 Å². The molecule has 0 saturated heterocycles. The molecule has 0 bridgehead atoms. The normalized spacial score (nSPS) is 12.5. The van der Waals surface area contributed by atoms with Gasteiger partial charge in [-0.15, -0.1) is 0 Å². The van der Waals surface area contributed by atoms with Crippen molar-refractivity contribution in [1.29, 1.82) is 0 Å². The summed E-state index contributed by atoms with van der Waals surface area (Å²) in [5.74, 6) is 0.206. The van der Waals surface area contributed by atoms with Crippen LogP contribution < -0.4 is 0 Å². The molecule has 0 aliphatic carbocycles. The number of rotatable bonds is 8. The molecule has 0 radical (unpaired) electrons. The molecule has 22 heavy (non-hydrogen) atoms. The summed E-state index contributed by atoms with van der Waals surface area (Å²) in [6.07, 6.45) is 1.46. The summed E-state index contributed by atoms with van der Waals surface area (Å²) < 4.78 is 5.25. The van der Waals surface area contributed by atoms with Crippen LogP contribution in [0.1, 0.15) is 37.5 Å². The van der Waals surface area contributed by atoms with Gasteiger partial charge >= 0.3 is 5.97 Å². The number of nitrogens with zero attached hydrogens (tertiary/aromatic N) is 3. The molecule has 2 aromatic rings. The van der Waals surface area contributed by atoms with E-state index in [1.54, 1.807) is 0 Å². The highest BCUT2D eigenvalue weighted by Crippen LogP contribution is 2.11. The molecule has 1 N–H and O–H groups in total. The maximum absolute atomic E-state index is 11.0. The fraction of sp³-hybridized carbons (Fsp3) is 0.438. The maximum Gasteiger partial charge on any atom is 0.317 e. The van der Waals surface area contributed by atoms with Crippen LogP contribution in [0.4, 0.5) is 0 Å². The molecule has 118 valence electrons. The van der Waals surface area contributed by atoms with Crippen LogP contribution >= 0.6 is 0 Å². The second kappa shape index (κ2) is 7.70. The quantitative estimate of drug-likeness (QED) is 0.806. The van der Waals surface area contributed by atoms with Gasteiger partial charge in [0, 0.05) is 12.5 Å². The summed E-state index contributed by atoms with van der Waals surface area (Å²) in [5.41, 5.74) is 1.11. The van der Waals surface area contributed by atoms with Gasteiger partial charge in [0.2, 0.25) is 5.89 Å². The van der Waals surface area contributed by atoms with Gasteiger partial charge in [-0.1, -0.05) is 42.4 Å². The van der Waals surface area contributed by atoms with Crippen LogP contribution in [0.25, 0.3) is 0 Å². The molecule has 0 fully saturated rings. The molecule has 0 amide bonds. The topological polar surface area (TPSA) is 79.5 Å². The average molecular weight is 303 g/mol. The first-order chi connectivity index (χ1) is 10.6. The van der Waals surface area contributed by atoms with Crippen molar-refractivity contribution in [3.63, 3.8) is 0 Å². The lowest BCUT2D eigenvalue weighted by Crippen LogP contribution is -2.36. The summed E-state index contributed by atoms with van der Waals surface area (Å²) in [6, 6.07) is 10.0. The zero-order chi connectivity index (χ0) is 15.9. The molecule has 2 rings (SSSR count). The minimum absolute atomic E-state index is 0.0363. The van der Waals surface area contributed by atoms with E-state index in [9.17, 15) is 4.79 Å². The maximum atomic E-state index is 11.0. The van der Waals surface area contributed by atoms with Crippen LogP contribution in [0.5, 0.6) is 0 Å². The second-order valence-electron chi connectivity index (χ2n) is 5.32. The zero-order valence-electron chi connectivity index (χ0n) is 12.9. The predicted molar refractivity (Wildman–Crippen MR) is 81.3 cm³/mol. The Hall–Kier alpha value is -2.21. The van der Waals surface area contributed by atoms with Crippen molar-refractivity contribution in [2.24, 2.45) is 0 Å². The Kier molecular flexibility index (Phi) is 5.66. The summed E-state index contributed by atoms with van der Waals surface area (Å²) in [5, 5.41) is 13.0. The minimum atomic E-state index is -0.857. The lowest BCUT2D eigenvalue weighted by atomic mass is 10.1. The van der Waals surface area contributed by atoms with Gasteiger partial charge in [-0.3, -0.25) is 9.69 Å². The first-order valence-electron chi connectivity index (χ1n) is 7.39. The van der Waals surface area contributed by atoms with Crippen molar-refractivity contribution in [2.75, 3.05) is 6.54 Å². The SMILES string of the molecule is CC[C@H](C)N(CC(=O)O)Cc1nc(Cc2ccccc2)no1. The van der Waals surface area contributed by atoms with E-state index in [1.807, 2.05) is 49.1 Å². The number of carboxylic acids is 1. The van der Waals surface area contributed by atoms with E-state index in [0.717, 1.165) is 12.0 Å². The monoisotopic (exact) mass is 303 g/mol. The smallest absolute Gasteiger partial charge is 0.317 e. The number of hydrogen-bond donors (Lipinski definition) is 1. The van der Waals surface area contributed by atoms with E-state index < -0.39 is 5.97 Å². The summed E-state index contributed by atoms with van der Waals surface area (Å²) in [7, 11) is 0. The first kappa shape index (κ1) is 16.2. The lowest BCUT2D eigenvalue weighted by Gasteiger charge is -2.24. The van der Waals surface area contributed by atoms with E-state index >= 15 is 0 Å². The second-order valence-corrected chi connectivity index (χ2v) is 5.32. The molecule has 0 aliphatic rings. The van der Waals surface area contributed by atoms with E-state index in [2.05, 4.69) is 10.1 Å². The van der Waals surface area contributed by atoms with Gasteiger partial charge in [-0.25, -0.2) is 0 Å². The van der Waals surface area contributed by atoms with Crippen LogP contribution in [0, 0.1) is 0 Å². The predicted octanol–water partition coefficient (Wildman–Crippen LogP) is 2.35. The fourth-order valence-electron chi connectivity index (χ4n) is 2.18. The van der Waals surface area contributed by atoms with Gasteiger partial charge in [0.25, 0.3) is 0 Å². The largest absolute Gasteiger partial charge is 0.480 e. The van der Waals surface area contributed by atoms with Crippen molar-refractivity contribution in [3.8, 4) is 0 Å². The number of carboxylic acid groups (broad SMARTS) is 1. The van der Waals surface area contributed by atoms with Crippen molar-refractivity contribution < 1.29 is 14.4 Å². The van der Waals surface area contributed by atoms with E-state index in [1.165, 1.54) is 0 Å². The molecule has 6 heteroatoms. The third-order valence-corrected chi connectivity index (χ3v) is 3.61. The Bertz CT molecular complexity index is 598. The van der Waals surface area contributed by atoms with E-state index in [0.29, 0.717) is 24.7 Å². The highest BCUT2D eigenvalue weighted by atomic mass is 16.5. The lowest BCUT2D eigenvalue weighted by molar-refractivity contribution is -0.139. The van der Waals surface area contributed by atoms with Crippen molar-refractivity contribution in [2.45, 2.75) is 39.3 Å². The Morgan fingerprint density at radius 2 is 2.09 bits per heavy atom.